The van der Waals surface area contributed by atoms with Crippen LogP contribution in [0, 0.1) is 5.92 Å². The van der Waals surface area contributed by atoms with E-state index in [4.69, 9.17) is 13.9 Å². The summed E-state index contributed by atoms with van der Waals surface area (Å²) in [6, 6.07) is 36.3. The van der Waals surface area contributed by atoms with Gasteiger partial charge in [0.2, 0.25) is 5.91 Å². The Kier molecular flexibility index (Phi) is 12.5. The number of carbonyl (C=O) groups is 4. The van der Waals surface area contributed by atoms with Crippen LogP contribution in [0.5, 0.6) is 0 Å². The zero-order valence-electron chi connectivity index (χ0n) is 32.6. The first-order valence-corrected chi connectivity index (χ1v) is 23.8. The molecule has 0 aliphatic carbocycles. The fourth-order valence-corrected chi connectivity index (χ4v) is 12.4. The van der Waals surface area contributed by atoms with Gasteiger partial charge in [0.1, 0.15) is 12.3 Å². The molecule has 2 heterocycles. The standard InChI is InChI=1S/C45H49N2O7PSi/c1-7-28-53-43(50)40(41-45(33-17-11-8-12-18-33,34-19-13-9-14-20-34)27-29-55(41)36-21-15-10-16-22-36)47-37(39(42(47)49)31(2)54-56(4,5)6)30-38(48)32-23-25-35(26-24-32)46-44(51)52-3/h7-26,31,37,39H,1,27-30H2,2-6H3,(H,46,51)/t31-,37-,39-,55?/m1/s1. The molecule has 9 nitrogen and oxygen atoms in total. The molecule has 4 atom stereocenters. The van der Waals surface area contributed by atoms with Crippen LogP contribution in [0.4, 0.5) is 10.5 Å². The molecule has 4 aromatic rings. The number of carbonyl (C=O) groups excluding carboxylic acids is 4. The minimum absolute atomic E-state index is 0.0568. The molecule has 6 rings (SSSR count). The van der Waals surface area contributed by atoms with E-state index in [9.17, 15) is 19.2 Å². The van der Waals surface area contributed by atoms with Crippen LogP contribution >= 0.6 is 7.92 Å². The maximum absolute atomic E-state index is 14.9. The summed E-state index contributed by atoms with van der Waals surface area (Å²) < 4.78 is 17.2. The highest BCUT2D eigenvalue weighted by molar-refractivity contribution is 7.70. The number of methoxy groups -OCH3 is 1. The number of hydrogen-bond acceptors (Lipinski definition) is 7. The summed E-state index contributed by atoms with van der Waals surface area (Å²) >= 11 is 0. The number of nitrogens with zero attached hydrogens (tertiary/aromatic N) is 1. The molecule has 1 unspecified atom stereocenters. The van der Waals surface area contributed by atoms with Crippen LogP contribution < -0.4 is 10.6 Å². The van der Waals surface area contributed by atoms with Gasteiger partial charge in [-0.15, -0.1) is 0 Å². The number of amides is 2. The molecule has 0 radical (unpaired) electrons. The number of ether oxygens (including phenoxy) is 2. The van der Waals surface area contributed by atoms with E-state index in [0.29, 0.717) is 17.7 Å². The lowest BCUT2D eigenvalue weighted by atomic mass is 9.71. The molecule has 2 aliphatic heterocycles. The third-order valence-corrected chi connectivity index (χ3v) is 14.1. The lowest BCUT2D eigenvalue weighted by molar-refractivity contribution is -0.163. The highest BCUT2D eigenvalue weighted by Gasteiger charge is 2.58. The fraction of sp³-hybridized carbons (Fsp3) is 0.289. The van der Waals surface area contributed by atoms with Crippen molar-refractivity contribution in [1.82, 2.24) is 4.90 Å². The molecule has 0 saturated carbocycles. The quantitative estimate of drug-likeness (QED) is 0.0259. The molecule has 2 aliphatic rings. The van der Waals surface area contributed by atoms with Gasteiger partial charge in [-0.2, -0.15) is 0 Å². The van der Waals surface area contributed by atoms with Crippen LogP contribution in [0.2, 0.25) is 19.6 Å². The number of benzene rings is 4. The van der Waals surface area contributed by atoms with Gasteiger partial charge in [0.15, 0.2) is 14.1 Å². The molecule has 0 spiro atoms. The average molecular weight is 789 g/mol. The van der Waals surface area contributed by atoms with Gasteiger partial charge in [0, 0.05) is 28.4 Å². The molecular formula is C45H49N2O7PSi. The van der Waals surface area contributed by atoms with Gasteiger partial charge in [0.05, 0.1) is 25.2 Å². The second-order valence-electron chi connectivity index (χ2n) is 15.0. The number of ketones is 1. The molecule has 2 amide bonds. The Balaban J connectivity index is 1.58. The van der Waals surface area contributed by atoms with Gasteiger partial charge in [-0.3, -0.25) is 14.9 Å². The normalized spacial score (nSPS) is 20.3. The number of hydrogen-bond donors (Lipinski definition) is 1. The largest absolute Gasteiger partial charge is 0.457 e. The van der Waals surface area contributed by atoms with Gasteiger partial charge < -0.3 is 18.8 Å². The monoisotopic (exact) mass is 788 g/mol. The number of esters is 1. The summed E-state index contributed by atoms with van der Waals surface area (Å²) in [6.45, 7) is 11.8. The molecule has 4 aromatic carbocycles. The van der Waals surface area contributed by atoms with E-state index in [1.165, 1.54) is 13.2 Å². The highest BCUT2D eigenvalue weighted by atomic mass is 31.1. The smallest absolute Gasteiger partial charge is 0.411 e. The molecule has 2 fully saturated rings. The van der Waals surface area contributed by atoms with E-state index in [1.807, 2.05) is 61.5 Å². The molecule has 56 heavy (non-hydrogen) atoms. The van der Waals surface area contributed by atoms with Gasteiger partial charge in [-0.05, 0) is 87.8 Å². The van der Waals surface area contributed by atoms with Crippen molar-refractivity contribution in [3.8, 4) is 0 Å². The number of likely N-dealkylation sites (tertiary alicyclic amines) is 1. The Morgan fingerprint density at radius 1 is 0.911 bits per heavy atom. The lowest BCUT2D eigenvalue weighted by Crippen LogP contribution is -2.66. The van der Waals surface area contributed by atoms with E-state index in [1.54, 1.807) is 29.2 Å². The molecule has 1 N–H and O–H groups in total. The number of nitrogens with one attached hydrogen (secondary N) is 1. The van der Waals surface area contributed by atoms with Crippen molar-refractivity contribution in [2.45, 2.75) is 57.0 Å². The first-order valence-electron chi connectivity index (χ1n) is 18.8. The predicted octanol–water partition coefficient (Wildman–Crippen LogP) is 8.64. The molecular weight excluding hydrogens is 740 g/mol. The zero-order valence-corrected chi connectivity index (χ0v) is 34.5. The summed E-state index contributed by atoms with van der Waals surface area (Å²) in [5, 5.41) is 4.51. The van der Waals surface area contributed by atoms with Crippen molar-refractivity contribution >= 4 is 51.0 Å². The topological polar surface area (TPSA) is 111 Å². The van der Waals surface area contributed by atoms with Crippen LogP contribution in [-0.2, 0) is 28.9 Å². The van der Waals surface area contributed by atoms with E-state index in [-0.39, 0.29) is 30.4 Å². The Morgan fingerprint density at radius 3 is 2.02 bits per heavy atom. The number of β-lactam (4-membered cyclic amide) rings is 1. The lowest BCUT2D eigenvalue weighted by Gasteiger charge is -2.51. The SMILES string of the molecule is C=CCOC(=O)C(=C1P(c2ccccc2)CCC1(c1ccccc1)c1ccccc1)N1C(=O)[C@H]([C@@H](C)O[Si](C)(C)C)[C@H]1CC(=O)c1ccc(NC(=O)OC)cc1. The summed E-state index contributed by atoms with van der Waals surface area (Å²) in [6.07, 6.45) is 1.75. The van der Waals surface area contributed by atoms with E-state index >= 15 is 0 Å². The van der Waals surface area contributed by atoms with Crippen molar-refractivity contribution in [3.63, 3.8) is 0 Å². The second-order valence-corrected chi connectivity index (χ2v) is 21.7. The Hall–Kier alpha value is -5.15. The maximum Gasteiger partial charge on any atom is 0.411 e. The second kappa shape index (κ2) is 17.3. The summed E-state index contributed by atoms with van der Waals surface area (Å²) in [4.78, 5) is 57.4. The van der Waals surface area contributed by atoms with Crippen LogP contribution in [-0.4, -0.2) is 69.0 Å². The minimum Gasteiger partial charge on any atom is -0.457 e. The summed E-state index contributed by atoms with van der Waals surface area (Å²) in [5.74, 6) is -1.84. The maximum atomic E-state index is 14.9. The van der Waals surface area contributed by atoms with Crippen molar-refractivity contribution in [2.24, 2.45) is 5.92 Å². The molecule has 0 aromatic heterocycles. The van der Waals surface area contributed by atoms with Gasteiger partial charge in [-0.25, -0.2) is 9.59 Å². The Bertz CT molecular complexity index is 2050. The number of rotatable bonds is 14. The average Bonchev–Trinajstić information content (AvgIpc) is 3.60. The Labute approximate surface area is 331 Å². The van der Waals surface area contributed by atoms with Crippen molar-refractivity contribution in [2.75, 3.05) is 25.2 Å². The van der Waals surface area contributed by atoms with E-state index < -0.39 is 51.8 Å². The zero-order chi connectivity index (χ0) is 40.0. The molecule has 290 valence electrons. The first-order chi connectivity index (χ1) is 26.9. The van der Waals surface area contributed by atoms with E-state index in [2.05, 4.69) is 67.9 Å². The van der Waals surface area contributed by atoms with Crippen molar-refractivity contribution in [1.29, 1.82) is 0 Å². The van der Waals surface area contributed by atoms with Gasteiger partial charge in [0.25, 0.3) is 0 Å². The van der Waals surface area contributed by atoms with Crippen molar-refractivity contribution in [3.05, 3.63) is 156 Å². The van der Waals surface area contributed by atoms with Crippen molar-refractivity contribution < 1.29 is 33.1 Å². The van der Waals surface area contributed by atoms with E-state index in [0.717, 1.165) is 27.9 Å². The molecule has 11 heteroatoms. The van der Waals surface area contributed by atoms with Crippen LogP contribution in [0.1, 0.15) is 41.3 Å². The molecule has 2 saturated heterocycles. The van der Waals surface area contributed by atoms with Gasteiger partial charge >= 0.3 is 12.1 Å². The highest BCUT2D eigenvalue weighted by Crippen LogP contribution is 2.66. The summed E-state index contributed by atoms with van der Waals surface area (Å²) in [7, 11) is -2.06. The van der Waals surface area contributed by atoms with Crippen LogP contribution in [0.3, 0.4) is 0 Å². The number of Topliss-reactive ketones (excluding diaryl/α,β-unsaturated/α-hetero) is 1. The third kappa shape index (κ3) is 8.33. The summed E-state index contributed by atoms with van der Waals surface area (Å²) in [5.41, 5.74) is 2.26. The third-order valence-electron chi connectivity index (χ3n) is 10.3. The first kappa shape index (κ1) is 40.5. The van der Waals surface area contributed by atoms with Crippen LogP contribution in [0.15, 0.2) is 139 Å². The number of anilines is 1. The number of allylic oxidation sites excluding steroid dienone is 1. The van der Waals surface area contributed by atoms with Gasteiger partial charge in [-0.1, -0.05) is 104 Å². The fourth-order valence-electron chi connectivity index (χ4n) is 8.04. The minimum atomic E-state index is -2.14. The molecule has 0 bridgehead atoms. The van der Waals surface area contributed by atoms with Crippen LogP contribution in [0.25, 0.3) is 0 Å². The predicted molar refractivity (Wildman–Crippen MR) is 224 cm³/mol. The Morgan fingerprint density at radius 2 is 1.48 bits per heavy atom.